The van der Waals surface area contributed by atoms with Gasteiger partial charge in [-0.05, 0) is 5.73 Å². The van der Waals surface area contributed by atoms with Gasteiger partial charge in [0.2, 0.25) is 6.07 Å². The molecule has 0 unspecified atom stereocenters. The van der Waals surface area contributed by atoms with E-state index in [1.807, 2.05) is 0 Å². The van der Waals surface area contributed by atoms with Crippen LogP contribution in [-0.2, 0) is 9.59 Å². The highest BCUT2D eigenvalue weighted by atomic mass is 16.4. The number of carboxylic acids is 1. The Kier molecular flexibility index (Phi) is 2.72. The fraction of sp³-hybridized carbons (Fsp3) is 0.125. The van der Waals surface area contributed by atoms with Crippen LogP contribution >= 0.6 is 0 Å². The zero-order valence-corrected chi connectivity index (χ0v) is 7.00. The fourth-order valence-electron chi connectivity index (χ4n) is 0.650. The van der Waals surface area contributed by atoms with E-state index >= 15 is 0 Å². The van der Waals surface area contributed by atoms with Crippen LogP contribution in [0.5, 0.6) is 0 Å². The van der Waals surface area contributed by atoms with Crippen LogP contribution < -0.4 is 11.1 Å². The summed E-state index contributed by atoms with van der Waals surface area (Å²) in [6.07, 6.45) is 0. The second kappa shape index (κ2) is 3.97. The molecule has 1 heterocycles. The van der Waals surface area contributed by atoms with Gasteiger partial charge in [0.15, 0.2) is 5.57 Å². The van der Waals surface area contributed by atoms with Crippen LogP contribution in [0.4, 0.5) is 0 Å². The standard InChI is InChI=1S/C8H5N3O3/c9-6-2-1-5(3-10-6)8(14)11-4-7(12)13/h9H,4H2,(H2,11,12,13,14)/p+1. The van der Waals surface area contributed by atoms with E-state index < -0.39 is 18.4 Å². The molecule has 1 aliphatic rings. The van der Waals surface area contributed by atoms with Crippen molar-refractivity contribution in [3.63, 3.8) is 0 Å². The van der Waals surface area contributed by atoms with Gasteiger partial charge in [-0.15, -0.1) is 4.85 Å². The van der Waals surface area contributed by atoms with Gasteiger partial charge >= 0.3 is 11.8 Å². The molecule has 0 bridgehead atoms. The fourth-order valence-corrected chi connectivity index (χ4v) is 0.650. The molecule has 0 fully saturated rings. The highest BCUT2D eigenvalue weighted by Crippen LogP contribution is 1.96. The molecule has 70 valence electrons. The highest BCUT2D eigenvalue weighted by Gasteiger charge is 2.12. The molecule has 0 saturated heterocycles. The molecule has 14 heavy (non-hydrogen) atoms. The van der Waals surface area contributed by atoms with E-state index in [2.05, 4.69) is 27.7 Å². The molecule has 1 rings (SSSR count). The first-order valence-corrected chi connectivity index (χ1v) is 3.57. The number of aliphatic carboxylic acids is 1. The SMILES string of the molecule is NC1=C=C=C(C(=O)NCC(=O)O)C#[N+]1. The maximum Gasteiger partial charge on any atom is 0.430 e. The zero-order chi connectivity index (χ0) is 10.6. The van der Waals surface area contributed by atoms with Gasteiger partial charge in [0.05, 0.1) is 0 Å². The summed E-state index contributed by atoms with van der Waals surface area (Å²) in [4.78, 5) is 24.7. The van der Waals surface area contributed by atoms with Crippen molar-refractivity contribution in [1.82, 2.24) is 5.32 Å². The van der Waals surface area contributed by atoms with Crippen molar-refractivity contribution in [2.24, 2.45) is 5.73 Å². The first-order chi connectivity index (χ1) is 6.59. The molecule has 0 aromatic rings. The lowest BCUT2D eigenvalue weighted by molar-refractivity contribution is -0.137. The van der Waals surface area contributed by atoms with Crippen molar-refractivity contribution >= 4 is 11.9 Å². The van der Waals surface area contributed by atoms with E-state index in [9.17, 15) is 9.59 Å². The Labute approximate surface area is 78.8 Å². The van der Waals surface area contributed by atoms with E-state index in [0.29, 0.717) is 0 Å². The molecule has 0 radical (unpaired) electrons. The molecule has 1 amide bonds. The number of carbonyl (C=O) groups excluding carboxylic acids is 1. The minimum Gasteiger partial charge on any atom is -0.480 e. The third-order valence-corrected chi connectivity index (χ3v) is 1.23. The first kappa shape index (κ1) is 9.62. The molecule has 0 aliphatic carbocycles. The van der Waals surface area contributed by atoms with Gasteiger partial charge in [0, 0.05) is 5.73 Å². The van der Waals surface area contributed by atoms with Gasteiger partial charge < -0.3 is 10.4 Å². The van der Waals surface area contributed by atoms with E-state index in [1.54, 1.807) is 0 Å². The summed E-state index contributed by atoms with van der Waals surface area (Å²) in [7, 11) is 0. The van der Waals surface area contributed by atoms with Crippen molar-refractivity contribution in [2.45, 2.75) is 0 Å². The zero-order valence-electron chi connectivity index (χ0n) is 7.00. The molecule has 4 N–H and O–H groups in total. The van der Waals surface area contributed by atoms with E-state index in [4.69, 9.17) is 10.8 Å². The molecule has 0 saturated carbocycles. The number of amides is 1. The minimum atomic E-state index is -1.13. The van der Waals surface area contributed by atoms with Crippen LogP contribution in [0.2, 0.25) is 0 Å². The average molecular weight is 192 g/mol. The predicted octanol–water partition coefficient (Wildman–Crippen LogP) is -0.986. The van der Waals surface area contributed by atoms with Gasteiger partial charge in [-0.1, -0.05) is 0 Å². The maximum atomic E-state index is 11.1. The molecular formula is C8H6N3O3+. The van der Waals surface area contributed by atoms with Crippen LogP contribution in [0.3, 0.4) is 0 Å². The van der Waals surface area contributed by atoms with Crippen LogP contribution in [-0.4, -0.2) is 23.5 Å². The molecule has 0 aromatic carbocycles. The third kappa shape index (κ3) is 2.54. The van der Waals surface area contributed by atoms with Crippen molar-refractivity contribution in [2.75, 3.05) is 6.54 Å². The molecule has 0 atom stereocenters. The molecule has 1 aliphatic heterocycles. The average Bonchev–Trinajstić information content (AvgIpc) is 2.15. The number of hydrogen-bond acceptors (Lipinski definition) is 3. The first-order valence-electron chi connectivity index (χ1n) is 3.57. The summed E-state index contributed by atoms with van der Waals surface area (Å²) in [6, 6.07) is 2.29. The van der Waals surface area contributed by atoms with Crippen molar-refractivity contribution in [3.8, 4) is 6.07 Å². The Morgan fingerprint density at radius 3 is 2.71 bits per heavy atom. The van der Waals surface area contributed by atoms with Crippen molar-refractivity contribution in [1.29, 1.82) is 0 Å². The molecule has 6 heteroatoms. The summed E-state index contributed by atoms with van der Waals surface area (Å²) in [5.41, 5.74) is 9.92. The van der Waals surface area contributed by atoms with Crippen molar-refractivity contribution < 1.29 is 14.7 Å². The molecular weight excluding hydrogens is 186 g/mol. The van der Waals surface area contributed by atoms with Gasteiger partial charge in [-0.2, -0.15) is 0 Å². The lowest BCUT2D eigenvalue weighted by Crippen LogP contribution is -2.30. The van der Waals surface area contributed by atoms with Gasteiger partial charge in [-0.3, -0.25) is 15.3 Å². The van der Waals surface area contributed by atoms with Gasteiger partial charge in [0.25, 0.3) is 5.91 Å². The normalized spacial score (nSPS) is 12.0. The van der Waals surface area contributed by atoms with Crippen LogP contribution in [0.1, 0.15) is 0 Å². The summed E-state index contributed by atoms with van der Waals surface area (Å²) in [5, 5.41) is 10.4. The van der Waals surface area contributed by atoms with Crippen LogP contribution in [0, 0.1) is 6.07 Å². The van der Waals surface area contributed by atoms with E-state index in [1.165, 1.54) is 0 Å². The summed E-state index contributed by atoms with van der Waals surface area (Å²) in [5.74, 6) is -1.69. The highest BCUT2D eigenvalue weighted by molar-refractivity contribution is 5.98. The number of nitrogens with zero attached hydrogens (tertiary/aromatic N) is 1. The Morgan fingerprint density at radius 2 is 2.21 bits per heavy atom. The number of carbonyl (C=O) groups is 2. The Balaban J connectivity index is 2.71. The Bertz CT molecular complexity index is 454. The van der Waals surface area contributed by atoms with E-state index in [0.717, 1.165) is 0 Å². The van der Waals surface area contributed by atoms with Crippen LogP contribution in [0.15, 0.2) is 22.9 Å². The number of carboxylic acid groups (broad SMARTS) is 1. The Morgan fingerprint density at radius 1 is 1.50 bits per heavy atom. The van der Waals surface area contributed by atoms with E-state index in [-0.39, 0.29) is 11.4 Å². The largest absolute Gasteiger partial charge is 0.480 e. The summed E-state index contributed by atoms with van der Waals surface area (Å²) >= 11 is 0. The third-order valence-electron chi connectivity index (χ3n) is 1.23. The second-order valence-corrected chi connectivity index (χ2v) is 2.31. The number of nitrogens with two attached hydrogens (primary N) is 1. The second-order valence-electron chi connectivity index (χ2n) is 2.31. The number of hydrogen-bond donors (Lipinski definition) is 3. The number of rotatable bonds is 3. The minimum absolute atomic E-state index is 0.0274. The lowest BCUT2D eigenvalue weighted by Gasteiger charge is -1.96. The molecule has 0 spiro atoms. The summed E-state index contributed by atoms with van der Waals surface area (Å²) < 4.78 is 0. The Hall–Kier alpha value is -2.47. The summed E-state index contributed by atoms with van der Waals surface area (Å²) in [6.45, 7) is -0.467. The maximum absolute atomic E-state index is 11.1. The monoisotopic (exact) mass is 192 g/mol. The number of nitrogens with one attached hydrogen (secondary N) is 1. The predicted molar refractivity (Wildman–Crippen MR) is 46.1 cm³/mol. The lowest BCUT2D eigenvalue weighted by atomic mass is 10.3. The smallest absolute Gasteiger partial charge is 0.430 e. The van der Waals surface area contributed by atoms with Crippen molar-refractivity contribution in [3.05, 3.63) is 27.7 Å². The van der Waals surface area contributed by atoms with Crippen LogP contribution in [0.25, 0.3) is 4.85 Å². The van der Waals surface area contributed by atoms with Gasteiger partial charge in [-0.25, -0.2) is 0 Å². The quantitative estimate of drug-likeness (QED) is 0.500. The molecule has 0 aromatic heterocycles. The van der Waals surface area contributed by atoms with Gasteiger partial charge in [0.1, 0.15) is 6.54 Å². The molecule has 6 nitrogen and oxygen atoms in total. The topological polar surface area (TPSA) is 96.8 Å².